The first-order valence-corrected chi connectivity index (χ1v) is 7.77. The van der Waals surface area contributed by atoms with Crippen LogP contribution in [0, 0.1) is 6.92 Å². The fourth-order valence-electron chi connectivity index (χ4n) is 3.07. The Balaban J connectivity index is 1.97. The number of aryl methyl sites for hydroxylation is 1. The number of furan rings is 2. The predicted molar refractivity (Wildman–Crippen MR) is 92.1 cm³/mol. The van der Waals surface area contributed by atoms with Crippen LogP contribution in [0.5, 0.6) is 5.75 Å². The fraction of sp³-hybridized carbons (Fsp3) is 0.100. The van der Waals surface area contributed by atoms with E-state index in [1.165, 1.54) is 19.3 Å². The van der Waals surface area contributed by atoms with Crippen molar-refractivity contribution in [2.24, 2.45) is 0 Å². The first-order valence-electron chi connectivity index (χ1n) is 7.77. The molecule has 0 aliphatic rings. The quantitative estimate of drug-likeness (QED) is 0.302. The van der Waals surface area contributed by atoms with Gasteiger partial charge in [-0.1, -0.05) is 24.3 Å². The third kappa shape index (κ3) is 2.41. The molecule has 0 aliphatic heterocycles. The van der Waals surface area contributed by atoms with Gasteiger partial charge < -0.3 is 13.6 Å². The Bertz CT molecular complexity index is 1120. The summed E-state index contributed by atoms with van der Waals surface area (Å²) in [5, 5.41) is 2.13. The number of fused-ring (bicyclic) bond motifs is 3. The predicted octanol–water partition coefficient (Wildman–Crippen LogP) is 4.91. The zero-order valence-corrected chi connectivity index (χ0v) is 13.7. The molecule has 0 atom stereocenters. The summed E-state index contributed by atoms with van der Waals surface area (Å²) in [7, 11) is 0. The highest BCUT2D eigenvalue weighted by atomic mass is 16.5. The van der Waals surface area contributed by atoms with Crippen LogP contribution in [-0.2, 0) is 0 Å². The Morgan fingerprint density at radius 3 is 2.44 bits per heavy atom. The molecule has 0 saturated heterocycles. The van der Waals surface area contributed by atoms with Crippen molar-refractivity contribution in [3.8, 4) is 5.75 Å². The maximum Gasteiger partial charge on any atom is 0.379 e. The minimum absolute atomic E-state index is 0.102. The molecule has 0 unspecified atom stereocenters. The van der Waals surface area contributed by atoms with E-state index in [1.54, 1.807) is 19.1 Å². The lowest BCUT2D eigenvalue weighted by atomic mass is 10.0. The first-order chi connectivity index (χ1) is 12.1. The van der Waals surface area contributed by atoms with Gasteiger partial charge in [0.25, 0.3) is 0 Å². The molecule has 25 heavy (non-hydrogen) atoms. The third-order valence-corrected chi connectivity index (χ3v) is 4.11. The summed E-state index contributed by atoms with van der Waals surface area (Å²) in [5.74, 6) is 0.309. The maximum atomic E-state index is 12.3. The van der Waals surface area contributed by atoms with Crippen LogP contribution in [0.2, 0.25) is 0 Å². The highest BCUT2D eigenvalue weighted by Crippen LogP contribution is 2.38. The van der Waals surface area contributed by atoms with Crippen molar-refractivity contribution in [1.82, 2.24) is 0 Å². The molecule has 124 valence electrons. The van der Waals surface area contributed by atoms with Crippen molar-refractivity contribution in [2.45, 2.75) is 13.8 Å². The average Bonchev–Trinajstić information content (AvgIpc) is 3.22. The van der Waals surface area contributed by atoms with Crippen molar-refractivity contribution < 1.29 is 23.2 Å². The second-order valence-corrected chi connectivity index (χ2v) is 5.75. The molecule has 0 radical (unpaired) electrons. The number of ether oxygens (including phenoxy) is 1. The monoisotopic (exact) mass is 334 g/mol. The summed E-state index contributed by atoms with van der Waals surface area (Å²) in [6, 6.07) is 12.2. The molecule has 0 fully saturated rings. The molecule has 5 heteroatoms. The van der Waals surface area contributed by atoms with Crippen molar-refractivity contribution in [3.05, 3.63) is 65.8 Å². The van der Waals surface area contributed by atoms with Crippen LogP contribution < -0.4 is 4.74 Å². The van der Waals surface area contributed by atoms with Gasteiger partial charge in [-0.05, 0) is 32.0 Å². The van der Waals surface area contributed by atoms with Crippen molar-refractivity contribution in [1.29, 1.82) is 0 Å². The lowest BCUT2D eigenvalue weighted by Gasteiger charge is -2.08. The lowest BCUT2D eigenvalue weighted by Crippen LogP contribution is -2.07. The fourth-order valence-corrected chi connectivity index (χ4v) is 3.07. The second-order valence-electron chi connectivity index (χ2n) is 5.75. The molecule has 2 aromatic heterocycles. The summed E-state index contributed by atoms with van der Waals surface area (Å²) in [6.07, 6.45) is 1.41. The van der Waals surface area contributed by atoms with Gasteiger partial charge in [-0.15, -0.1) is 0 Å². The minimum atomic E-state index is -0.598. The zero-order chi connectivity index (χ0) is 17.6. The molecule has 0 amide bonds. The zero-order valence-electron chi connectivity index (χ0n) is 13.7. The third-order valence-electron chi connectivity index (χ3n) is 4.11. The van der Waals surface area contributed by atoms with Crippen LogP contribution >= 0.6 is 0 Å². The summed E-state index contributed by atoms with van der Waals surface area (Å²) in [4.78, 5) is 24.3. The molecule has 0 aliphatic carbocycles. The van der Waals surface area contributed by atoms with Gasteiger partial charge in [0.05, 0.1) is 11.8 Å². The second kappa shape index (κ2) is 5.63. The molecule has 0 spiro atoms. The number of hydrogen-bond acceptors (Lipinski definition) is 5. The molecule has 2 aromatic carbocycles. The smallest absolute Gasteiger partial charge is 0.379 e. The molecule has 4 aromatic rings. The summed E-state index contributed by atoms with van der Waals surface area (Å²) in [6.45, 7) is 3.24. The normalized spacial score (nSPS) is 11.1. The van der Waals surface area contributed by atoms with E-state index in [-0.39, 0.29) is 11.5 Å². The van der Waals surface area contributed by atoms with Gasteiger partial charge in [-0.25, -0.2) is 4.79 Å². The topological polar surface area (TPSA) is 69.7 Å². The van der Waals surface area contributed by atoms with E-state index in [1.807, 2.05) is 24.3 Å². The number of ketones is 1. The van der Waals surface area contributed by atoms with E-state index in [4.69, 9.17) is 13.6 Å². The highest BCUT2D eigenvalue weighted by Gasteiger charge is 2.21. The SMILES string of the molecule is CC(=O)c1c(C)oc2c1cc(OC(=O)c1ccco1)c1ccccc12. The van der Waals surface area contributed by atoms with Crippen LogP contribution in [0.4, 0.5) is 0 Å². The highest BCUT2D eigenvalue weighted by molar-refractivity contribution is 6.16. The number of carbonyl (C=O) groups is 2. The summed E-state index contributed by atoms with van der Waals surface area (Å²) < 4.78 is 16.5. The van der Waals surface area contributed by atoms with Gasteiger partial charge in [0.1, 0.15) is 17.1 Å². The van der Waals surface area contributed by atoms with Crippen LogP contribution in [0.25, 0.3) is 21.7 Å². The molecule has 4 rings (SSSR count). The minimum Gasteiger partial charge on any atom is -0.460 e. The van der Waals surface area contributed by atoms with Crippen LogP contribution in [0.3, 0.4) is 0 Å². The number of rotatable bonds is 3. The molecule has 5 nitrogen and oxygen atoms in total. The Morgan fingerprint density at radius 2 is 1.76 bits per heavy atom. The number of benzene rings is 2. The number of Topliss-reactive ketones (excluding diaryl/α,β-unsaturated/α-hetero) is 1. The van der Waals surface area contributed by atoms with Gasteiger partial charge in [0.15, 0.2) is 5.78 Å². The molecular formula is C20H14O5. The first kappa shape index (κ1) is 15.2. The van der Waals surface area contributed by atoms with Crippen LogP contribution in [0.15, 0.2) is 57.6 Å². The largest absolute Gasteiger partial charge is 0.460 e. The van der Waals surface area contributed by atoms with Gasteiger partial charge in [-0.3, -0.25) is 4.79 Å². The Kier molecular flexibility index (Phi) is 3.42. The molecule has 0 N–H and O–H groups in total. The van der Waals surface area contributed by atoms with Gasteiger partial charge in [0.2, 0.25) is 5.76 Å². The van der Waals surface area contributed by atoms with E-state index in [9.17, 15) is 9.59 Å². The van der Waals surface area contributed by atoms with Gasteiger partial charge >= 0.3 is 5.97 Å². The van der Waals surface area contributed by atoms with Gasteiger partial charge in [-0.2, -0.15) is 0 Å². The van der Waals surface area contributed by atoms with Crippen molar-refractivity contribution in [3.63, 3.8) is 0 Å². The maximum absolute atomic E-state index is 12.3. The van der Waals surface area contributed by atoms with Crippen molar-refractivity contribution >= 4 is 33.5 Å². The van der Waals surface area contributed by atoms with Crippen LogP contribution in [-0.4, -0.2) is 11.8 Å². The van der Waals surface area contributed by atoms with E-state index in [0.717, 1.165) is 10.8 Å². The lowest BCUT2D eigenvalue weighted by molar-refractivity contribution is 0.0704. The summed E-state index contributed by atoms with van der Waals surface area (Å²) >= 11 is 0. The Labute approximate surface area is 142 Å². The molecular weight excluding hydrogens is 320 g/mol. The van der Waals surface area contributed by atoms with E-state index in [2.05, 4.69) is 0 Å². The number of carbonyl (C=O) groups excluding carboxylic acids is 2. The van der Waals surface area contributed by atoms with E-state index >= 15 is 0 Å². The molecule has 2 heterocycles. The Morgan fingerprint density at radius 1 is 1.00 bits per heavy atom. The van der Waals surface area contributed by atoms with Crippen LogP contribution in [0.1, 0.15) is 33.6 Å². The number of hydrogen-bond donors (Lipinski definition) is 0. The van der Waals surface area contributed by atoms with E-state index in [0.29, 0.717) is 28.0 Å². The van der Waals surface area contributed by atoms with Gasteiger partial charge in [0, 0.05) is 16.2 Å². The average molecular weight is 334 g/mol. The van der Waals surface area contributed by atoms with E-state index < -0.39 is 5.97 Å². The standard InChI is InChI=1S/C20H14O5/c1-11(21)18-12(2)24-19-14-7-4-3-6-13(14)17(10-15(18)19)25-20(22)16-8-5-9-23-16/h3-10H,1-2H3. The van der Waals surface area contributed by atoms with Crippen molar-refractivity contribution in [2.75, 3.05) is 0 Å². The summed E-state index contributed by atoms with van der Waals surface area (Å²) in [5.41, 5.74) is 1.10. The Hall–Kier alpha value is -3.34. The molecule has 0 saturated carbocycles. The number of esters is 1. The molecule has 0 bridgehead atoms.